The fourth-order valence-electron chi connectivity index (χ4n) is 1.84. The second-order valence-corrected chi connectivity index (χ2v) is 5.06. The first-order valence-corrected chi connectivity index (χ1v) is 6.60. The van der Waals surface area contributed by atoms with Crippen LogP contribution in [0.2, 0.25) is 0 Å². The van der Waals surface area contributed by atoms with Crippen LogP contribution in [0.15, 0.2) is 28.8 Å². The first kappa shape index (κ1) is 14.5. The van der Waals surface area contributed by atoms with Crippen LogP contribution in [0.1, 0.15) is 19.5 Å². The molecule has 2 aromatic rings. The summed E-state index contributed by atoms with van der Waals surface area (Å²) in [5, 5.41) is 7.25. The molecular weight excluding hydrogens is 259 g/mol. The van der Waals surface area contributed by atoms with Gasteiger partial charge in [0.2, 0.25) is 0 Å². The van der Waals surface area contributed by atoms with Gasteiger partial charge < -0.3 is 14.6 Å². The van der Waals surface area contributed by atoms with Gasteiger partial charge >= 0.3 is 0 Å². The summed E-state index contributed by atoms with van der Waals surface area (Å²) < 4.78 is 23.8. The molecule has 0 unspecified atom stereocenters. The zero-order chi connectivity index (χ0) is 14.5. The predicted molar refractivity (Wildman–Crippen MR) is 75.0 cm³/mol. The van der Waals surface area contributed by atoms with E-state index in [1.54, 1.807) is 12.1 Å². The minimum Gasteiger partial charge on any atom is -0.494 e. The quantitative estimate of drug-likeness (QED) is 0.881. The third-order valence-electron chi connectivity index (χ3n) is 2.85. The van der Waals surface area contributed by atoms with Gasteiger partial charge in [-0.1, -0.05) is 19.0 Å². The van der Waals surface area contributed by atoms with E-state index in [2.05, 4.69) is 24.3 Å². The van der Waals surface area contributed by atoms with Crippen molar-refractivity contribution in [3.8, 4) is 17.1 Å². The molecule has 108 valence electrons. The van der Waals surface area contributed by atoms with Crippen molar-refractivity contribution in [3.05, 3.63) is 35.8 Å². The van der Waals surface area contributed by atoms with Crippen LogP contribution < -0.4 is 10.1 Å². The third-order valence-corrected chi connectivity index (χ3v) is 2.85. The van der Waals surface area contributed by atoms with Crippen LogP contribution in [0.25, 0.3) is 11.3 Å². The average molecular weight is 278 g/mol. The van der Waals surface area contributed by atoms with Crippen molar-refractivity contribution < 1.29 is 13.7 Å². The molecule has 0 amide bonds. The van der Waals surface area contributed by atoms with Gasteiger partial charge in [-0.25, -0.2) is 4.39 Å². The Labute approximate surface area is 117 Å². The van der Waals surface area contributed by atoms with Gasteiger partial charge in [-0.15, -0.1) is 0 Å². The number of nitrogens with zero attached hydrogens (tertiary/aromatic N) is 1. The molecule has 0 spiro atoms. The topological polar surface area (TPSA) is 47.3 Å². The second kappa shape index (κ2) is 6.52. The van der Waals surface area contributed by atoms with Crippen LogP contribution in [0.5, 0.6) is 5.75 Å². The molecule has 5 heteroatoms. The summed E-state index contributed by atoms with van der Waals surface area (Å²) in [4.78, 5) is 0. The Balaban J connectivity index is 2.06. The van der Waals surface area contributed by atoms with Gasteiger partial charge in [-0.3, -0.25) is 0 Å². The molecule has 1 aromatic heterocycles. The molecule has 0 aliphatic heterocycles. The van der Waals surface area contributed by atoms with Gasteiger partial charge in [0.25, 0.3) is 0 Å². The Morgan fingerprint density at radius 3 is 2.80 bits per heavy atom. The van der Waals surface area contributed by atoms with Gasteiger partial charge in [0.05, 0.1) is 12.8 Å². The number of halogens is 1. The van der Waals surface area contributed by atoms with Gasteiger partial charge in [-0.05, 0) is 30.7 Å². The van der Waals surface area contributed by atoms with Crippen LogP contribution in [0.3, 0.4) is 0 Å². The highest BCUT2D eigenvalue weighted by Gasteiger charge is 2.10. The fraction of sp³-hybridized carbons (Fsp3) is 0.400. The molecule has 1 N–H and O–H groups in total. The zero-order valence-electron chi connectivity index (χ0n) is 11.9. The van der Waals surface area contributed by atoms with Crippen molar-refractivity contribution in [3.63, 3.8) is 0 Å². The van der Waals surface area contributed by atoms with E-state index in [1.165, 1.54) is 13.2 Å². The molecule has 20 heavy (non-hydrogen) atoms. The number of benzene rings is 1. The zero-order valence-corrected chi connectivity index (χ0v) is 11.9. The molecule has 4 nitrogen and oxygen atoms in total. The molecule has 2 rings (SSSR count). The lowest BCUT2D eigenvalue weighted by Gasteiger charge is -2.04. The van der Waals surface area contributed by atoms with E-state index in [1.807, 2.05) is 6.07 Å². The number of aromatic nitrogens is 1. The van der Waals surface area contributed by atoms with Gasteiger partial charge in [0.15, 0.2) is 17.3 Å². The van der Waals surface area contributed by atoms with Crippen LogP contribution in [0, 0.1) is 11.7 Å². The van der Waals surface area contributed by atoms with Gasteiger partial charge in [0.1, 0.15) is 0 Å². The summed E-state index contributed by atoms with van der Waals surface area (Å²) in [5.74, 6) is 0.929. The summed E-state index contributed by atoms with van der Waals surface area (Å²) in [6.45, 7) is 5.84. The van der Waals surface area contributed by atoms with Crippen LogP contribution in [-0.2, 0) is 6.54 Å². The number of methoxy groups -OCH3 is 1. The summed E-state index contributed by atoms with van der Waals surface area (Å²) in [6.07, 6.45) is 0. The molecular formula is C15H19FN2O2. The molecule has 0 bridgehead atoms. The number of hydrogen-bond acceptors (Lipinski definition) is 4. The minimum absolute atomic E-state index is 0.215. The molecule has 0 aliphatic carbocycles. The minimum atomic E-state index is -0.416. The van der Waals surface area contributed by atoms with Crippen molar-refractivity contribution in [2.24, 2.45) is 5.92 Å². The molecule has 0 aliphatic rings. The Bertz CT molecular complexity index is 567. The first-order chi connectivity index (χ1) is 9.60. The lowest BCUT2D eigenvalue weighted by Crippen LogP contribution is -2.18. The Morgan fingerprint density at radius 2 is 2.15 bits per heavy atom. The highest BCUT2D eigenvalue weighted by atomic mass is 19.1. The molecule has 0 radical (unpaired) electrons. The fourth-order valence-corrected chi connectivity index (χ4v) is 1.84. The molecule has 0 saturated heterocycles. The van der Waals surface area contributed by atoms with E-state index >= 15 is 0 Å². The largest absolute Gasteiger partial charge is 0.494 e. The van der Waals surface area contributed by atoms with E-state index in [9.17, 15) is 4.39 Å². The Morgan fingerprint density at radius 1 is 1.35 bits per heavy atom. The number of ether oxygens (including phenoxy) is 1. The highest BCUT2D eigenvalue weighted by molar-refractivity contribution is 5.58. The van der Waals surface area contributed by atoms with E-state index in [-0.39, 0.29) is 5.75 Å². The maximum Gasteiger partial charge on any atom is 0.167 e. The summed E-state index contributed by atoms with van der Waals surface area (Å²) in [7, 11) is 1.44. The van der Waals surface area contributed by atoms with Gasteiger partial charge in [0, 0.05) is 18.2 Å². The van der Waals surface area contributed by atoms with Crippen LogP contribution in [0.4, 0.5) is 4.39 Å². The second-order valence-electron chi connectivity index (χ2n) is 5.06. The SMILES string of the molecule is COc1ccc(-c2cc(CNCC(C)C)no2)cc1F. The van der Waals surface area contributed by atoms with Gasteiger partial charge in [-0.2, -0.15) is 0 Å². The van der Waals surface area contributed by atoms with Crippen molar-refractivity contribution >= 4 is 0 Å². The van der Waals surface area contributed by atoms with Crippen molar-refractivity contribution in [2.75, 3.05) is 13.7 Å². The van der Waals surface area contributed by atoms with E-state index in [0.29, 0.717) is 23.8 Å². The number of hydrogen-bond donors (Lipinski definition) is 1. The molecule has 0 fully saturated rings. The monoisotopic (exact) mass is 278 g/mol. The number of rotatable bonds is 6. The highest BCUT2D eigenvalue weighted by Crippen LogP contribution is 2.25. The van der Waals surface area contributed by atoms with Crippen LogP contribution >= 0.6 is 0 Å². The predicted octanol–water partition coefficient (Wildman–Crippen LogP) is 3.23. The maximum absolute atomic E-state index is 13.6. The third kappa shape index (κ3) is 3.57. The maximum atomic E-state index is 13.6. The molecule has 1 heterocycles. The lowest BCUT2D eigenvalue weighted by atomic mass is 10.1. The first-order valence-electron chi connectivity index (χ1n) is 6.60. The molecule has 0 saturated carbocycles. The Kier molecular flexibility index (Phi) is 4.74. The van der Waals surface area contributed by atoms with Crippen molar-refractivity contribution in [1.29, 1.82) is 0 Å². The van der Waals surface area contributed by atoms with E-state index in [4.69, 9.17) is 9.26 Å². The average Bonchev–Trinajstić information content (AvgIpc) is 2.87. The molecule has 1 aromatic carbocycles. The van der Waals surface area contributed by atoms with Crippen molar-refractivity contribution in [2.45, 2.75) is 20.4 Å². The summed E-state index contributed by atoms with van der Waals surface area (Å²) in [5.41, 5.74) is 1.45. The smallest absolute Gasteiger partial charge is 0.167 e. The van der Waals surface area contributed by atoms with E-state index < -0.39 is 5.82 Å². The van der Waals surface area contributed by atoms with E-state index in [0.717, 1.165) is 12.2 Å². The summed E-state index contributed by atoms with van der Waals surface area (Å²) >= 11 is 0. The molecule has 0 atom stereocenters. The van der Waals surface area contributed by atoms with Crippen LogP contribution in [-0.4, -0.2) is 18.8 Å². The standard InChI is InChI=1S/C15H19FN2O2/c1-10(2)8-17-9-12-7-15(20-18-12)11-4-5-14(19-3)13(16)6-11/h4-7,10,17H,8-9H2,1-3H3. The normalized spacial score (nSPS) is 11.1. The summed E-state index contributed by atoms with van der Waals surface area (Å²) in [6, 6.07) is 6.51. The Hall–Kier alpha value is -1.88. The van der Waals surface area contributed by atoms with Crippen molar-refractivity contribution in [1.82, 2.24) is 10.5 Å². The number of nitrogens with one attached hydrogen (secondary N) is 1. The lowest BCUT2D eigenvalue weighted by molar-refractivity contribution is 0.386.